The van der Waals surface area contributed by atoms with E-state index < -0.39 is 0 Å². The summed E-state index contributed by atoms with van der Waals surface area (Å²) < 4.78 is 5.20. The first-order chi connectivity index (χ1) is 10.7. The van der Waals surface area contributed by atoms with E-state index in [2.05, 4.69) is 6.92 Å². The van der Waals surface area contributed by atoms with E-state index in [-0.39, 0.29) is 12.0 Å². The maximum atomic E-state index is 12.2. The molecule has 0 radical (unpaired) electrons. The number of ether oxygens (including phenoxy) is 1. The molecule has 5 heteroatoms. The topological polar surface area (TPSA) is 49.9 Å². The Morgan fingerprint density at radius 2 is 1.68 bits per heavy atom. The van der Waals surface area contributed by atoms with Crippen LogP contribution in [0.5, 0.6) is 0 Å². The van der Waals surface area contributed by atoms with Crippen molar-refractivity contribution in [3.05, 3.63) is 35.9 Å². The molecule has 0 N–H and O–H groups in total. The third kappa shape index (κ3) is 4.76. The minimum absolute atomic E-state index is 0.116. The number of hydrogen-bond donors (Lipinski definition) is 0. The molecule has 1 saturated heterocycles. The van der Waals surface area contributed by atoms with E-state index in [0.29, 0.717) is 39.2 Å². The first kappa shape index (κ1) is 16.3. The van der Waals surface area contributed by atoms with Gasteiger partial charge in [0.1, 0.15) is 0 Å². The third-order valence-electron chi connectivity index (χ3n) is 3.81. The molecule has 0 saturated carbocycles. The molecule has 0 atom stereocenters. The second kappa shape index (κ2) is 8.41. The molecule has 0 bridgehead atoms. The van der Waals surface area contributed by atoms with E-state index in [1.54, 1.807) is 4.90 Å². The van der Waals surface area contributed by atoms with Crippen molar-refractivity contribution in [2.24, 2.45) is 0 Å². The summed E-state index contributed by atoms with van der Waals surface area (Å²) in [5, 5.41) is 0. The van der Waals surface area contributed by atoms with Crippen LogP contribution in [0.4, 0.5) is 4.79 Å². The van der Waals surface area contributed by atoms with Crippen LogP contribution in [0, 0.1) is 0 Å². The monoisotopic (exact) mass is 304 g/mol. The summed E-state index contributed by atoms with van der Waals surface area (Å²) in [4.78, 5) is 27.6. The summed E-state index contributed by atoms with van der Waals surface area (Å²) in [6.45, 7) is 4.79. The fourth-order valence-electron chi connectivity index (χ4n) is 2.42. The molecule has 1 aliphatic rings. The summed E-state index contributed by atoms with van der Waals surface area (Å²) in [6.07, 6.45) is 2.06. The number of nitrogens with zero attached hydrogens (tertiary/aromatic N) is 2. The summed E-state index contributed by atoms with van der Waals surface area (Å²) in [6, 6.07) is 9.73. The molecule has 22 heavy (non-hydrogen) atoms. The predicted molar refractivity (Wildman–Crippen MR) is 84.6 cm³/mol. The van der Waals surface area contributed by atoms with Crippen molar-refractivity contribution < 1.29 is 14.3 Å². The fraction of sp³-hybridized carbons (Fsp3) is 0.529. The summed E-state index contributed by atoms with van der Waals surface area (Å²) in [5.74, 6) is 0.116. The number of benzene rings is 1. The van der Waals surface area contributed by atoms with Gasteiger partial charge in [-0.15, -0.1) is 0 Å². The SMILES string of the molecule is CCCCOC(=O)N1CCN(C(=O)Cc2ccccc2)CC1. The van der Waals surface area contributed by atoms with Gasteiger partial charge in [0.25, 0.3) is 0 Å². The van der Waals surface area contributed by atoms with Crippen molar-refractivity contribution in [1.82, 2.24) is 9.80 Å². The van der Waals surface area contributed by atoms with Crippen LogP contribution in [0.1, 0.15) is 25.3 Å². The number of rotatable bonds is 5. The number of amides is 2. The summed E-state index contributed by atoms with van der Waals surface area (Å²) >= 11 is 0. The van der Waals surface area contributed by atoms with Crippen LogP contribution >= 0.6 is 0 Å². The van der Waals surface area contributed by atoms with Crippen molar-refractivity contribution in [2.75, 3.05) is 32.8 Å². The Hall–Kier alpha value is -2.04. The number of piperazine rings is 1. The van der Waals surface area contributed by atoms with Crippen LogP contribution < -0.4 is 0 Å². The molecular weight excluding hydrogens is 280 g/mol. The lowest BCUT2D eigenvalue weighted by Crippen LogP contribution is -2.51. The molecule has 2 amide bonds. The van der Waals surface area contributed by atoms with E-state index in [0.717, 1.165) is 18.4 Å². The zero-order chi connectivity index (χ0) is 15.8. The molecule has 0 aliphatic carbocycles. The van der Waals surface area contributed by atoms with Crippen LogP contribution in [-0.2, 0) is 16.0 Å². The first-order valence-corrected chi connectivity index (χ1v) is 7.94. The molecule has 0 aromatic heterocycles. The lowest BCUT2D eigenvalue weighted by atomic mass is 10.1. The van der Waals surface area contributed by atoms with E-state index >= 15 is 0 Å². The molecular formula is C17H24N2O3. The average Bonchev–Trinajstić information content (AvgIpc) is 2.56. The molecule has 5 nitrogen and oxygen atoms in total. The van der Waals surface area contributed by atoms with Gasteiger partial charge in [0.2, 0.25) is 5.91 Å². The average molecular weight is 304 g/mol. The van der Waals surface area contributed by atoms with E-state index in [1.165, 1.54) is 0 Å². The molecule has 1 aromatic carbocycles. The van der Waals surface area contributed by atoms with Gasteiger partial charge in [0.15, 0.2) is 0 Å². The standard InChI is InChI=1S/C17H24N2O3/c1-2-3-13-22-17(21)19-11-9-18(10-12-19)16(20)14-15-7-5-4-6-8-15/h4-8H,2-3,9-14H2,1H3. The Labute approximate surface area is 131 Å². The van der Waals surface area contributed by atoms with Crippen LogP contribution in [0.25, 0.3) is 0 Å². The highest BCUT2D eigenvalue weighted by Gasteiger charge is 2.24. The maximum absolute atomic E-state index is 12.2. The van der Waals surface area contributed by atoms with Crippen LogP contribution in [0.3, 0.4) is 0 Å². The van der Waals surface area contributed by atoms with E-state index in [9.17, 15) is 9.59 Å². The van der Waals surface area contributed by atoms with Gasteiger partial charge >= 0.3 is 6.09 Å². The number of carbonyl (C=O) groups is 2. The van der Waals surface area contributed by atoms with Gasteiger partial charge in [-0.2, -0.15) is 0 Å². The summed E-state index contributed by atoms with van der Waals surface area (Å²) in [7, 11) is 0. The van der Waals surface area contributed by atoms with Crippen molar-refractivity contribution in [3.63, 3.8) is 0 Å². The van der Waals surface area contributed by atoms with E-state index in [4.69, 9.17) is 4.74 Å². The van der Waals surface area contributed by atoms with Gasteiger partial charge < -0.3 is 14.5 Å². The minimum atomic E-state index is -0.261. The third-order valence-corrected chi connectivity index (χ3v) is 3.81. The largest absolute Gasteiger partial charge is 0.449 e. The van der Waals surface area contributed by atoms with Crippen molar-refractivity contribution in [1.29, 1.82) is 0 Å². The minimum Gasteiger partial charge on any atom is -0.449 e. The van der Waals surface area contributed by atoms with Crippen molar-refractivity contribution in [3.8, 4) is 0 Å². The predicted octanol–water partition coefficient (Wildman–Crippen LogP) is 2.31. The maximum Gasteiger partial charge on any atom is 0.409 e. The Morgan fingerprint density at radius 1 is 1.05 bits per heavy atom. The molecule has 120 valence electrons. The highest BCUT2D eigenvalue weighted by atomic mass is 16.6. The van der Waals surface area contributed by atoms with Crippen molar-refractivity contribution >= 4 is 12.0 Å². The molecule has 1 heterocycles. The smallest absolute Gasteiger partial charge is 0.409 e. The van der Waals surface area contributed by atoms with Gasteiger partial charge in [-0.3, -0.25) is 4.79 Å². The van der Waals surface area contributed by atoms with Gasteiger partial charge in [0.05, 0.1) is 13.0 Å². The van der Waals surface area contributed by atoms with Crippen molar-refractivity contribution in [2.45, 2.75) is 26.2 Å². The number of hydrogen-bond acceptors (Lipinski definition) is 3. The molecule has 2 rings (SSSR count). The molecule has 1 aromatic rings. The second-order valence-electron chi connectivity index (χ2n) is 5.50. The summed E-state index contributed by atoms with van der Waals surface area (Å²) in [5.41, 5.74) is 1.02. The van der Waals surface area contributed by atoms with Crippen LogP contribution in [0.15, 0.2) is 30.3 Å². The van der Waals surface area contributed by atoms with Gasteiger partial charge in [-0.1, -0.05) is 43.7 Å². The lowest BCUT2D eigenvalue weighted by Gasteiger charge is -2.34. The van der Waals surface area contributed by atoms with Gasteiger partial charge in [-0.05, 0) is 12.0 Å². The lowest BCUT2D eigenvalue weighted by molar-refractivity contribution is -0.132. The zero-order valence-corrected chi connectivity index (χ0v) is 13.2. The molecule has 0 spiro atoms. The van der Waals surface area contributed by atoms with Crippen LogP contribution in [0.2, 0.25) is 0 Å². The molecule has 0 unspecified atom stereocenters. The molecule has 1 aliphatic heterocycles. The number of carbonyl (C=O) groups excluding carboxylic acids is 2. The zero-order valence-electron chi connectivity index (χ0n) is 13.2. The Kier molecular flexibility index (Phi) is 6.25. The highest BCUT2D eigenvalue weighted by Crippen LogP contribution is 2.08. The molecule has 1 fully saturated rings. The normalized spacial score (nSPS) is 14.8. The quantitative estimate of drug-likeness (QED) is 0.784. The fourth-order valence-corrected chi connectivity index (χ4v) is 2.42. The Bertz CT molecular complexity index is 482. The van der Waals surface area contributed by atoms with E-state index in [1.807, 2.05) is 35.2 Å². The first-order valence-electron chi connectivity index (χ1n) is 7.94. The highest BCUT2D eigenvalue weighted by molar-refractivity contribution is 5.79. The number of unbranched alkanes of at least 4 members (excludes halogenated alkanes) is 1. The van der Waals surface area contributed by atoms with Gasteiger partial charge in [-0.25, -0.2) is 4.79 Å². The van der Waals surface area contributed by atoms with Gasteiger partial charge in [0, 0.05) is 26.2 Å². The second-order valence-corrected chi connectivity index (χ2v) is 5.50. The Morgan fingerprint density at radius 3 is 2.32 bits per heavy atom. The Balaban J connectivity index is 1.74. The van der Waals surface area contributed by atoms with Crippen LogP contribution in [-0.4, -0.2) is 54.6 Å².